The number of nitrogens with two attached hydrogens (primary N) is 2. The number of aliphatic hydroxyl groups excluding tert-OH is 2. The van der Waals surface area contributed by atoms with Crippen LogP contribution in [0.4, 0.5) is 5.82 Å². The smallest absolute Gasteiger partial charge is 0.237 e. The molecule has 7 N–H and O–H groups in total. The molecule has 1 fully saturated rings. The first-order valence-corrected chi connectivity index (χ1v) is 8.29. The zero-order valence-corrected chi connectivity index (χ0v) is 14.5. The second-order valence-electron chi connectivity index (χ2n) is 6.64. The summed E-state index contributed by atoms with van der Waals surface area (Å²) in [7, 11) is 0. The highest BCUT2D eigenvalue weighted by molar-refractivity contribution is 5.82. The van der Waals surface area contributed by atoms with Gasteiger partial charge in [-0.2, -0.15) is 0 Å². The van der Waals surface area contributed by atoms with E-state index in [1.807, 2.05) is 13.8 Å². The Morgan fingerprint density at radius 2 is 2.08 bits per heavy atom. The van der Waals surface area contributed by atoms with Crippen molar-refractivity contribution in [1.82, 2.24) is 24.8 Å². The number of imidazole rings is 1. The van der Waals surface area contributed by atoms with Crippen molar-refractivity contribution in [3.8, 4) is 0 Å². The van der Waals surface area contributed by atoms with Gasteiger partial charge in [0.05, 0.1) is 12.4 Å². The van der Waals surface area contributed by atoms with Crippen LogP contribution in [0.25, 0.3) is 11.2 Å². The fourth-order valence-corrected chi connectivity index (χ4v) is 2.81. The maximum atomic E-state index is 12.0. The molecule has 0 unspecified atom stereocenters. The van der Waals surface area contributed by atoms with Crippen LogP contribution in [0.5, 0.6) is 0 Å². The average molecular weight is 365 g/mol. The first-order valence-electron chi connectivity index (χ1n) is 8.29. The van der Waals surface area contributed by atoms with E-state index in [0.717, 1.165) is 0 Å². The molecule has 1 amide bonds. The molecule has 0 bridgehead atoms. The zero-order chi connectivity index (χ0) is 19.0. The van der Waals surface area contributed by atoms with Crippen molar-refractivity contribution in [1.29, 1.82) is 0 Å². The molecule has 11 heteroatoms. The zero-order valence-electron chi connectivity index (χ0n) is 14.5. The molecule has 0 spiro atoms. The summed E-state index contributed by atoms with van der Waals surface area (Å²) < 4.78 is 7.21. The number of anilines is 1. The number of nitrogen functional groups attached to an aromatic ring is 1. The topological polar surface area (TPSA) is 174 Å². The van der Waals surface area contributed by atoms with E-state index in [4.69, 9.17) is 16.2 Å². The fraction of sp³-hybridized carbons (Fsp3) is 0.600. The molecule has 2 aromatic rings. The highest BCUT2D eigenvalue weighted by Gasteiger charge is 2.44. The molecule has 5 atom stereocenters. The Bertz CT molecular complexity index is 795. The molecular weight excluding hydrogens is 342 g/mol. The van der Waals surface area contributed by atoms with Gasteiger partial charge in [0.1, 0.15) is 30.2 Å². The van der Waals surface area contributed by atoms with Gasteiger partial charge in [0.2, 0.25) is 5.91 Å². The highest BCUT2D eigenvalue weighted by atomic mass is 16.6. The van der Waals surface area contributed by atoms with Gasteiger partial charge >= 0.3 is 0 Å². The van der Waals surface area contributed by atoms with Crippen LogP contribution in [0.2, 0.25) is 0 Å². The lowest BCUT2D eigenvalue weighted by atomic mass is 10.0. The number of fused-ring (bicyclic) bond motifs is 1. The van der Waals surface area contributed by atoms with Crippen molar-refractivity contribution in [3.05, 3.63) is 12.7 Å². The first kappa shape index (κ1) is 18.5. The average Bonchev–Trinajstić information content (AvgIpc) is 3.15. The maximum Gasteiger partial charge on any atom is 0.237 e. The van der Waals surface area contributed by atoms with Crippen molar-refractivity contribution in [3.63, 3.8) is 0 Å². The number of aromatic nitrogens is 4. The molecule has 2 aromatic heterocycles. The van der Waals surface area contributed by atoms with E-state index in [9.17, 15) is 15.0 Å². The van der Waals surface area contributed by atoms with Crippen molar-refractivity contribution in [2.45, 2.75) is 44.4 Å². The Balaban J connectivity index is 1.73. The molecule has 3 rings (SSSR count). The number of aliphatic hydroxyl groups is 2. The van der Waals surface area contributed by atoms with E-state index in [2.05, 4.69) is 20.3 Å². The Morgan fingerprint density at radius 3 is 2.77 bits per heavy atom. The van der Waals surface area contributed by atoms with Crippen LogP contribution in [0.3, 0.4) is 0 Å². The molecule has 0 aromatic carbocycles. The molecule has 0 radical (unpaired) electrons. The Labute approximate surface area is 149 Å². The number of rotatable bonds is 5. The van der Waals surface area contributed by atoms with Crippen molar-refractivity contribution < 1.29 is 19.7 Å². The van der Waals surface area contributed by atoms with Crippen molar-refractivity contribution in [2.75, 3.05) is 12.3 Å². The standard InChI is InChI=1S/C15H23N7O4/c1-6(2)8(16)14(25)18-3-7-10(23)11(24)15(26-7)22-5-21-9-12(17)19-4-20-13(9)22/h4-8,10-11,15,23-24H,3,16H2,1-2H3,(H,18,25)(H2,17,19,20)/t7-,8-,10-,11-,15-/m1/s1. The van der Waals surface area contributed by atoms with Gasteiger partial charge in [0.15, 0.2) is 17.7 Å². The normalized spacial score (nSPS) is 27.2. The summed E-state index contributed by atoms with van der Waals surface area (Å²) in [5, 5.41) is 23.3. The number of nitrogens with one attached hydrogen (secondary N) is 1. The van der Waals surface area contributed by atoms with Gasteiger partial charge in [-0.05, 0) is 5.92 Å². The molecule has 26 heavy (non-hydrogen) atoms. The van der Waals surface area contributed by atoms with E-state index in [1.54, 1.807) is 0 Å². The third-order valence-corrected chi connectivity index (χ3v) is 4.50. The van der Waals surface area contributed by atoms with E-state index in [0.29, 0.717) is 11.2 Å². The number of ether oxygens (including phenoxy) is 1. The molecule has 11 nitrogen and oxygen atoms in total. The van der Waals surface area contributed by atoms with Crippen LogP contribution < -0.4 is 16.8 Å². The number of nitrogens with zero attached hydrogens (tertiary/aromatic N) is 4. The Hall–Kier alpha value is -2.34. The molecule has 142 valence electrons. The third kappa shape index (κ3) is 3.21. The fourth-order valence-electron chi connectivity index (χ4n) is 2.81. The van der Waals surface area contributed by atoms with Gasteiger partial charge in [-0.3, -0.25) is 9.36 Å². The van der Waals surface area contributed by atoms with Gasteiger partial charge in [0, 0.05) is 6.54 Å². The minimum Gasteiger partial charge on any atom is -0.387 e. The predicted molar refractivity (Wildman–Crippen MR) is 91.5 cm³/mol. The van der Waals surface area contributed by atoms with Gasteiger partial charge in [-0.25, -0.2) is 15.0 Å². The lowest BCUT2D eigenvalue weighted by molar-refractivity contribution is -0.124. The van der Waals surface area contributed by atoms with Gasteiger partial charge in [0.25, 0.3) is 0 Å². The molecule has 3 heterocycles. The second-order valence-corrected chi connectivity index (χ2v) is 6.64. The van der Waals surface area contributed by atoms with Crippen LogP contribution in [0, 0.1) is 5.92 Å². The van der Waals surface area contributed by atoms with Crippen molar-refractivity contribution >= 4 is 22.9 Å². The molecule has 0 saturated carbocycles. The quantitative estimate of drug-likeness (QED) is 0.406. The lowest BCUT2D eigenvalue weighted by Gasteiger charge is -2.19. The summed E-state index contributed by atoms with van der Waals surface area (Å²) in [5.41, 5.74) is 12.3. The number of carbonyl (C=O) groups is 1. The SMILES string of the molecule is CC(C)[C@@H](N)C(=O)NC[C@H]1O[C@@H](n2cnc3c(N)ncnc32)[C@H](O)[C@@H]1O. The van der Waals surface area contributed by atoms with Gasteiger partial charge in [-0.1, -0.05) is 13.8 Å². The summed E-state index contributed by atoms with van der Waals surface area (Å²) in [5.74, 6) is -0.166. The second kappa shape index (κ2) is 7.11. The third-order valence-electron chi connectivity index (χ3n) is 4.50. The highest BCUT2D eigenvalue weighted by Crippen LogP contribution is 2.31. The van der Waals surface area contributed by atoms with E-state index in [1.165, 1.54) is 17.2 Å². The summed E-state index contributed by atoms with van der Waals surface area (Å²) in [6, 6.07) is -0.661. The summed E-state index contributed by atoms with van der Waals surface area (Å²) in [4.78, 5) is 24.0. The molecular formula is C15H23N7O4. The van der Waals surface area contributed by atoms with Gasteiger partial charge < -0.3 is 31.7 Å². The van der Waals surface area contributed by atoms with Crippen LogP contribution >= 0.6 is 0 Å². The minimum absolute atomic E-state index is 0.0116. The Kier molecular flexibility index (Phi) is 5.05. The molecule has 1 saturated heterocycles. The molecule has 0 aliphatic carbocycles. The number of amides is 1. The van der Waals surface area contributed by atoms with Crippen LogP contribution in [0.1, 0.15) is 20.1 Å². The molecule has 1 aliphatic heterocycles. The maximum absolute atomic E-state index is 12.0. The summed E-state index contributed by atoms with van der Waals surface area (Å²) >= 11 is 0. The van der Waals surface area contributed by atoms with E-state index in [-0.39, 0.29) is 24.2 Å². The van der Waals surface area contributed by atoms with E-state index >= 15 is 0 Å². The predicted octanol–water partition coefficient (Wildman–Crippen LogP) is -1.87. The van der Waals surface area contributed by atoms with Gasteiger partial charge in [-0.15, -0.1) is 0 Å². The first-order chi connectivity index (χ1) is 12.3. The Morgan fingerprint density at radius 1 is 1.35 bits per heavy atom. The number of hydrogen-bond donors (Lipinski definition) is 5. The van der Waals surface area contributed by atoms with Crippen molar-refractivity contribution in [2.24, 2.45) is 11.7 Å². The van der Waals surface area contributed by atoms with Crippen LogP contribution in [-0.2, 0) is 9.53 Å². The monoisotopic (exact) mass is 365 g/mol. The summed E-state index contributed by atoms with van der Waals surface area (Å²) in [6.07, 6.45) is -1.48. The summed E-state index contributed by atoms with van der Waals surface area (Å²) in [6.45, 7) is 3.68. The number of hydrogen-bond acceptors (Lipinski definition) is 9. The minimum atomic E-state index is -1.23. The molecule has 1 aliphatic rings. The number of carbonyl (C=O) groups excluding carboxylic acids is 1. The van der Waals surface area contributed by atoms with Crippen LogP contribution in [0.15, 0.2) is 12.7 Å². The largest absolute Gasteiger partial charge is 0.387 e. The van der Waals surface area contributed by atoms with Crippen LogP contribution in [-0.4, -0.2) is 66.5 Å². The lowest BCUT2D eigenvalue weighted by Crippen LogP contribution is -2.48. The van der Waals surface area contributed by atoms with E-state index < -0.39 is 30.6 Å².